The number of hydrogen-bond donors (Lipinski definition) is 2. The van der Waals surface area contributed by atoms with E-state index in [9.17, 15) is 21.6 Å². The van der Waals surface area contributed by atoms with E-state index in [0.29, 0.717) is 0 Å². The Bertz CT molecular complexity index is 1090. The molecule has 2 N–H and O–H groups in total. The van der Waals surface area contributed by atoms with Gasteiger partial charge >= 0.3 is 6.18 Å². The standard InChI is InChI=1S/C17H20F3N5O2S/c18-17(19,20)4-6-28(26,27)24-8-11-1-2-12(7-11)16-23-10-13-9-22-15-14(25(13)16)3-5-21-15/h3,5,9-12,21,24H,1-2,4,6-8H2/t11-,12-/m0/s1. The molecule has 11 heteroatoms. The Morgan fingerprint density at radius 1 is 1.25 bits per heavy atom. The van der Waals surface area contributed by atoms with Crippen LogP contribution in [0.2, 0.25) is 0 Å². The summed E-state index contributed by atoms with van der Waals surface area (Å²) in [5.74, 6) is 0.203. The van der Waals surface area contributed by atoms with Crippen LogP contribution >= 0.6 is 0 Å². The van der Waals surface area contributed by atoms with Crippen LogP contribution in [0.5, 0.6) is 0 Å². The molecule has 1 saturated carbocycles. The second-order valence-corrected chi connectivity index (χ2v) is 9.18. The first-order valence-electron chi connectivity index (χ1n) is 9.05. The van der Waals surface area contributed by atoms with Crippen molar-refractivity contribution in [2.75, 3.05) is 12.3 Å². The summed E-state index contributed by atoms with van der Waals surface area (Å²) in [7, 11) is -3.93. The smallest absolute Gasteiger partial charge is 0.345 e. The van der Waals surface area contributed by atoms with E-state index in [2.05, 4.69) is 24.1 Å². The predicted octanol–water partition coefficient (Wildman–Crippen LogP) is 2.97. The summed E-state index contributed by atoms with van der Waals surface area (Å²) in [6, 6.07) is 1.93. The molecule has 3 aromatic heterocycles. The first kappa shape index (κ1) is 19.2. The van der Waals surface area contributed by atoms with Gasteiger partial charge in [0.2, 0.25) is 10.0 Å². The van der Waals surface area contributed by atoms with E-state index >= 15 is 0 Å². The molecule has 0 radical (unpaired) electrons. The minimum atomic E-state index is -4.48. The quantitative estimate of drug-likeness (QED) is 0.648. The van der Waals surface area contributed by atoms with Gasteiger partial charge in [-0.3, -0.25) is 4.40 Å². The van der Waals surface area contributed by atoms with Gasteiger partial charge in [0.05, 0.1) is 35.6 Å². The van der Waals surface area contributed by atoms with Crippen molar-refractivity contribution in [1.82, 2.24) is 24.1 Å². The number of H-pyrrole nitrogens is 1. The van der Waals surface area contributed by atoms with Gasteiger partial charge in [0.15, 0.2) is 5.65 Å². The average Bonchev–Trinajstić information content (AvgIpc) is 3.34. The maximum atomic E-state index is 12.2. The molecule has 2 atom stereocenters. The lowest BCUT2D eigenvalue weighted by molar-refractivity contribution is -0.129. The summed E-state index contributed by atoms with van der Waals surface area (Å²) in [5, 5.41) is 0. The maximum absolute atomic E-state index is 12.2. The van der Waals surface area contributed by atoms with Gasteiger partial charge in [-0.25, -0.2) is 23.1 Å². The highest BCUT2D eigenvalue weighted by Crippen LogP contribution is 2.38. The van der Waals surface area contributed by atoms with Crippen LogP contribution in [0, 0.1) is 5.92 Å². The lowest BCUT2D eigenvalue weighted by atomic mass is 10.0. The topological polar surface area (TPSA) is 92.2 Å². The molecule has 1 aliphatic carbocycles. The monoisotopic (exact) mass is 415 g/mol. The number of sulfonamides is 1. The van der Waals surface area contributed by atoms with Gasteiger partial charge in [-0.1, -0.05) is 0 Å². The van der Waals surface area contributed by atoms with Crippen molar-refractivity contribution < 1.29 is 21.6 Å². The van der Waals surface area contributed by atoms with Gasteiger partial charge in [0.25, 0.3) is 0 Å². The minimum Gasteiger partial charge on any atom is -0.345 e. The second kappa shape index (κ2) is 7.03. The van der Waals surface area contributed by atoms with Crippen LogP contribution in [0.15, 0.2) is 24.7 Å². The number of imidazole rings is 1. The van der Waals surface area contributed by atoms with Crippen molar-refractivity contribution >= 4 is 26.7 Å². The number of nitrogens with one attached hydrogen (secondary N) is 2. The van der Waals surface area contributed by atoms with Crippen LogP contribution in [-0.2, 0) is 10.0 Å². The van der Waals surface area contributed by atoms with E-state index < -0.39 is 28.4 Å². The SMILES string of the molecule is O=S(=O)(CCC(F)(F)F)NC[C@H]1CC[C@H](c2ncc3cnc4[nH]ccc4n23)C1. The van der Waals surface area contributed by atoms with Gasteiger partial charge in [0.1, 0.15) is 5.82 Å². The number of nitrogens with zero attached hydrogens (tertiary/aromatic N) is 3. The number of aromatic nitrogens is 4. The highest BCUT2D eigenvalue weighted by molar-refractivity contribution is 7.89. The third kappa shape index (κ3) is 4.00. The van der Waals surface area contributed by atoms with Crippen molar-refractivity contribution in [2.45, 2.75) is 37.8 Å². The fourth-order valence-corrected chi connectivity index (χ4v) is 4.98. The van der Waals surface area contributed by atoms with Gasteiger partial charge in [-0.2, -0.15) is 13.2 Å². The second-order valence-electron chi connectivity index (χ2n) is 7.25. The zero-order valence-electron chi connectivity index (χ0n) is 14.9. The fraction of sp³-hybridized carbons (Fsp3) is 0.529. The molecule has 4 rings (SSSR count). The molecule has 0 aliphatic heterocycles. The number of aromatic amines is 1. The fourth-order valence-electron chi connectivity index (χ4n) is 3.85. The van der Waals surface area contributed by atoms with Gasteiger partial charge in [0, 0.05) is 18.7 Å². The lowest BCUT2D eigenvalue weighted by Crippen LogP contribution is -2.32. The molecular weight excluding hydrogens is 395 g/mol. The predicted molar refractivity (Wildman–Crippen MR) is 97.4 cm³/mol. The number of rotatable bonds is 6. The van der Waals surface area contributed by atoms with E-state index in [-0.39, 0.29) is 18.4 Å². The molecule has 7 nitrogen and oxygen atoms in total. The first-order chi connectivity index (χ1) is 13.2. The Kier molecular flexibility index (Phi) is 4.82. The minimum absolute atomic E-state index is 0.0709. The molecule has 0 amide bonds. The van der Waals surface area contributed by atoms with Crippen molar-refractivity contribution in [3.63, 3.8) is 0 Å². The molecule has 28 heavy (non-hydrogen) atoms. The zero-order chi connectivity index (χ0) is 19.9. The third-order valence-corrected chi connectivity index (χ3v) is 6.59. The molecule has 0 saturated heterocycles. The largest absolute Gasteiger partial charge is 0.390 e. The Labute approximate surface area is 159 Å². The van der Waals surface area contributed by atoms with E-state index in [0.717, 1.165) is 41.8 Å². The third-order valence-electron chi connectivity index (χ3n) is 5.24. The molecule has 1 fully saturated rings. The van der Waals surface area contributed by atoms with E-state index in [1.807, 2.05) is 12.3 Å². The van der Waals surface area contributed by atoms with Gasteiger partial charge in [-0.05, 0) is 31.2 Å². The van der Waals surface area contributed by atoms with Crippen LogP contribution in [0.25, 0.3) is 16.7 Å². The first-order valence-corrected chi connectivity index (χ1v) is 10.7. The molecule has 0 spiro atoms. The lowest BCUT2D eigenvalue weighted by Gasteiger charge is -2.13. The molecule has 152 valence electrons. The highest BCUT2D eigenvalue weighted by atomic mass is 32.2. The summed E-state index contributed by atoms with van der Waals surface area (Å²) in [5.41, 5.74) is 2.58. The zero-order valence-corrected chi connectivity index (χ0v) is 15.7. The van der Waals surface area contributed by atoms with Crippen molar-refractivity contribution in [3.8, 4) is 0 Å². The van der Waals surface area contributed by atoms with E-state index in [1.165, 1.54) is 0 Å². The molecule has 0 bridgehead atoms. The Morgan fingerprint density at radius 3 is 2.82 bits per heavy atom. The number of hydrogen-bond acceptors (Lipinski definition) is 4. The van der Waals surface area contributed by atoms with Crippen molar-refractivity contribution in [2.24, 2.45) is 5.92 Å². The van der Waals surface area contributed by atoms with Crippen molar-refractivity contribution in [3.05, 3.63) is 30.5 Å². The van der Waals surface area contributed by atoms with Crippen LogP contribution in [-0.4, -0.2) is 46.2 Å². The summed E-state index contributed by atoms with van der Waals surface area (Å²) in [4.78, 5) is 12.0. The Balaban J connectivity index is 1.42. The summed E-state index contributed by atoms with van der Waals surface area (Å²) < 4.78 is 64.7. The molecule has 0 unspecified atom stereocenters. The summed E-state index contributed by atoms with van der Waals surface area (Å²) in [6.45, 7) is 0.154. The number of fused-ring (bicyclic) bond motifs is 3. The molecule has 0 aromatic carbocycles. The van der Waals surface area contributed by atoms with Gasteiger partial charge < -0.3 is 4.98 Å². The molecular formula is C17H20F3N5O2S. The molecule has 3 aromatic rings. The highest BCUT2D eigenvalue weighted by Gasteiger charge is 2.32. The maximum Gasteiger partial charge on any atom is 0.390 e. The molecule has 3 heterocycles. The average molecular weight is 415 g/mol. The molecule has 1 aliphatic rings. The van der Waals surface area contributed by atoms with E-state index in [4.69, 9.17) is 0 Å². The number of halogens is 3. The van der Waals surface area contributed by atoms with Crippen molar-refractivity contribution in [1.29, 1.82) is 0 Å². The van der Waals surface area contributed by atoms with Crippen LogP contribution < -0.4 is 4.72 Å². The van der Waals surface area contributed by atoms with Crippen LogP contribution in [0.4, 0.5) is 13.2 Å². The summed E-state index contributed by atoms with van der Waals surface area (Å²) in [6.07, 6.45) is 1.89. The van der Waals surface area contributed by atoms with E-state index in [1.54, 1.807) is 12.4 Å². The van der Waals surface area contributed by atoms with Crippen LogP contribution in [0.3, 0.4) is 0 Å². The number of alkyl halides is 3. The Morgan fingerprint density at radius 2 is 2.04 bits per heavy atom. The summed E-state index contributed by atoms with van der Waals surface area (Å²) >= 11 is 0. The normalized spacial score (nSPS) is 21.1. The Hall–Kier alpha value is -2.14. The van der Waals surface area contributed by atoms with Gasteiger partial charge in [-0.15, -0.1) is 0 Å². The van der Waals surface area contributed by atoms with Crippen LogP contribution in [0.1, 0.15) is 37.4 Å².